The third-order valence-electron chi connectivity index (χ3n) is 6.02. The molecule has 4 rings (SSSR count). The van der Waals surface area contributed by atoms with Crippen LogP contribution in [0.4, 0.5) is 5.69 Å². The maximum atomic E-state index is 13.2. The normalized spacial score (nSPS) is 13.0. The molecule has 0 aromatic heterocycles. The van der Waals surface area contributed by atoms with E-state index in [1.807, 2.05) is 54.6 Å². The van der Waals surface area contributed by atoms with Crippen molar-refractivity contribution < 1.29 is 19.1 Å². The molecule has 0 fully saturated rings. The number of ketones is 1. The number of hydrogen-bond donors (Lipinski definition) is 1. The van der Waals surface area contributed by atoms with Crippen molar-refractivity contribution in [2.45, 2.75) is 32.3 Å². The largest absolute Gasteiger partial charge is 0.488 e. The van der Waals surface area contributed by atoms with Crippen LogP contribution in [0.3, 0.4) is 0 Å². The van der Waals surface area contributed by atoms with E-state index in [2.05, 4.69) is 5.32 Å². The highest BCUT2D eigenvalue weighted by atomic mass is 35.5. The molecule has 1 aliphatic carbocycles. The van der Waals surface area contributed by atoms with Crippen LogP contribution in [0.2, 0.25) is 5.02 Å². The Labute approximate surface area is 210 Å². The SMILES string of the molecule is COC(=O)c1cccc(NCCC(=O)C2=C(c3cc(Cl)ccc3OCc3ccccc3)CCC2)c1. The van der Waals surface area contributed by atoms with Crippen molar-refractivity contribution >= 4 is 34.6 Å². The summed E-state index contributed by atoms with van der Waals surface area (Å²) >= 11 is 6.33. The fourth-order valence-corrected chi connectivity index (χ4v) is 4.47. The lowest BCUT2D eigenvalue weighted by Gasteiger charge is -2.15. The summed E-state index contributed by atoms with van der Waals surface area (Å²) in [7, 11) is 1.35. The van der Waals surface area contributed by atoms with Crippen molar-refractivity contribution in [1.82, 2.24) is 0 Å². The highest BCUT2D eigenvalue weighted by molar-refractivity contribution is 6.30. The molecule has 0 heterocycles. The topological polar surface area (TPSA) is 64.6 Å². The maximum absolute atomic E-state index is 13.2. The van der Waals surface area contributed by atoms with Crippen molar-refractivity contribution in [1.29, 1.82) is 0 Å². The molecule has 180 valence electrons. The van der Waals surface area contributed by atoms with Gasteiger partial charge in [-0.15, -0.1) is 0 Å². The number of carbonyl (C=O) groups is 2. The second-order valence-corrected chi connectivity index (χ2v) is 8.83. The molecular weight excluding hydrogens is 462 g/mol. The Balaban J connectivity index is 1.46. The monoisotopic (exact) mass is 489 g/mol. The summed E-state index contributed by atoms with van der Waals surface area (Å²) in [5.41, 5.74) is 5.08. The molecule has 0 amide bonds. The number of halogens is 1. The Morgan fingerprint density at radius 3 is 2.60 bits per heavy atom. The number of ether oxygens (including phenoxy) is 2. The van der Waals surface area contributed by atoms with Crippen LogP contribution in [0, 0.1) is 0 Å². The van der Waals surface area contributed by atoms with E-state index in [9.17, 15) is 9.59 Å². The summed E-state index contributed by atoms with van der Waals surface area (Å²) < 4.78 is 10.9. The minimum Gasteiger partial charge on any atom is -0.488 e. The van der Waals surface area contributed by atoms with Gasteiger partial charge in [0.05, 0.1) is 12.7 Å². The molecule has 0 radical (unpaired) electrons. The van der Waals surface area contributed by atoms with E-state index in [4.69, 9.17) is 21.1 Å². The predicted molar refractivity (Wildman–Crippen MR) is 139 cm³/mol. The second kappa shape index (κ2) is 11.7. The van der Waals surface area contributed by atoms with Gasteiger partial charge in [-0.3, -0.25) is 4.79 Å². The van der Waals surface area contributed by atoms with E-state index < -0.39 is 5.97 Å². The third-order valence-corrected chi connectivity index (χ3v) is 6.26. The number of esters is 1. The average molecular weight is 490 g/mol. The van der Waals surface area contributed by atoms with E-state index in [1.165, 1.54) is 7.11 Å². The van der Waals surface area contributed by atoms with E-state index in [0.717, 1.165) is 53.0 Å². The molecule has 3 aromatic carbocycles. The van der Waals surface area contributed by atoms with Gasteiger partial charge < -0.3 is 14.8 Å². The third kappa shape index (κ3) is 6.31. The van der Waals surface area contributed by atoms with Gasteiger partial charge in [0, 0.05) is 29.2 Å². The number of Topliss-reactive ketones (excluding diaryl/α,β-unsaturated/α-hetero) is 1. The van der Waals surface area contributed by atoms with E-state index in [0.29, 0.717) is 30.2 Å². The molecule has 0 spiro atoms. The number of hydrogen-bond acceptors (Lipinski definition) is 5. The Morgan fingerprint density at radius 2 is 1.80 bits per heavy atom. The first-order valence-corrected chi connectivity index (χ1v) is 12.1. The van der Waals surface area contributed by atoms with Crippen LogP contribution in [0.1, 0.15) is 47.2 Å². The lowest BCUT2D eigenvalue weighted by atomic mass is 9.97. The number of benzene rings is 3. The van der Waals surface area contributed by atoms with Gasteiger partial charge in [0.15, 0.2) is 5.78 Å². The number of allylic oxidation sites excluding steroid dienone is 2. The molecule has 0 aliphatic heterocycles. The molecule has 0 saturated carbocycles. The highest BCUT2D eigenvalue weighted by Gasteiger charge is 2.24. The zero-order valence-electron chi connectivity index (χ0n) is 19.7. The molecule has 3 aromatic rings. The Bertz CT molecular complexity index is 1240. The molecular formula is C29H28ClNO4. The molecule has 35 heavy (non-hydrogen) atoms. The van der Waals surface area contributed by atoms with E-state index >= 15 is 0 Å². The fourth-order valence-electron chi connectivity index (χ4n) is 4.29. The summed E-state index contributed by atoms with van der Waals surface area (Å²) in [6.07, 6.45) is 2.84. The molecule has 6 heteroatoms. The Kier molecular flexibility index (Phi) is 8.22. The lowest BCUT2D eigenvalue weighted by Crippen LogP contribution is -2.11. The first kappa shape index (κ1) is 24.6. The summed E-state index contributed by atoms with van der Waals surface area (Å²) in [6, 6.07) is 22.6. The van der Waals surface area contributed by atoms with Gasteiger partial charge in [-0.2, -0.15) is 0 Å². The van der Waals surface area contributed by atoms with Crippen LogP contribution in [0.25, 0.3) is 5.57 Å². The molecule has 0 saturated heterocycles. The maximum Gasteiger partial charge on any atom is 0.337 e. The first-order valence-electron chi connectivity index (χ1n) is 11.7. The highest BCUT2D eigenvalue weighted by Crippen LogP contribution is 2.40. The minimum absolute atomic E-state index is 0.114. The van der Waals surface area contributed by atoms with Crippen LogP contribution in [-0.4, -0.2) is 25.4 Å². The van der Waals surface area contributed by atoms with Crippen molar-refractivity contribution in [3.05, 3.63) is 100 Å². The molecule has 5 nitrogen and oxygen atoms in total. The smallest absolute Gasteiger partial charge is 0.337 e. The van der Waals surface area contributed by atoms with Gasteiger partial charge >= 0.3 is 5.97 Å². The van der Waals surface area contributed by atoms with Crippen molar-refractivity contribution in [2.75, 3.05) is 19.0 Å². The van der Waals surface area contributed by atoms with Crippen molar-refractivity contribution in [3.8, 4) is 5.75 Å². The van der Waals surface area contributed by atoms with Crippen LogP contribution < -0.4 is 10.1 Å². The molecule has 1 N–H and O–H groups in total. The summed E-state index contributed by atoms with van der Waals surface area (Å²) in [4.78, 5) is 24.9. The van der Waals surface area contributed by atoms with Crippen LogP contribution in [-0.2, 0) is 16.1 Å². The van der Waals surface area contributed by atoms with E-state index in [-0.39, 0.29) is 5.78 Å². The standard InChI is InChI=1S/C29H28ClNO4/c1-34-29(33)21-9-5-10-23(17-21)31-16-15-27(32)25-12-6-11-24(25)26-18-22(30)13-14-28(26)35-19-20-7-3-2-4-8-20/h2-5,7-10,13-14,17-18,31H,6,11-12,15-16,19H2,1H3. The number of rotatable bonds is 10. The first-order chi connectivity index (χ1) is 17.0. The minimum atomic E-state index is -0.391. The Hall–Kier alpha value is -3.57. The van der Waals surface area contributed by atoms with Crippen molar-refractivity contribution in [2.24, 2.45) is 0 Å². The fraction of sp³-hybridized carbons (Fsp3) is 0.241. The second-order valence-electron chi connectivity index (χ2n) is 8.40. The molecule has 0 bridgehead atoms. The van der Waals surface area contributed by atoms with Crippen molar-refractivity contribution in [3.63, 3.8) is 0 Å². The van der Waals surface area contributed by atoms with Crippen LogP contribution in [0.15, 0.2) is 78.4 Å². The van der Waals surface area contributed by atoms with Gasteiger partial charge in [0.25, 0.3) is 0 Å². The van der Waals surface area contributed by atoms with Gasteiger partial charge in [0.2, 0.25) is 0 Å². The number of anilines is 1. The quantitative estimate of drug-likeness (QED) is 0.320. The lowest BCUT2D eigenvalue weighted by molar-refractivity contribution is -0.115. The van der Waals surface area contributed by atoms with Gasteiger partial charge in [-0.25, -0.2) is 4.79 Å². The van der Waals surface area contributed by atoms with Crippen LogP contribution in [0.5, 0.6) is 5.75 Å². The summed E-state index contributed by atoms with van der Waals surface area (Å²) in [5, 5.41) is 3.85. The van der Waals surface area contributed by atoms with Gasteiger partial charge in [-0.1, -0.05) is 48.0 Å². The van der Waals surface area contributed by atoms with Crippen LogP contribution >= 0.6 is 11.6 Å². The zero-order valence-corrected chi connectivity index (χ0v) is 20.4. The van der Waals surface area contributed by atoms with Gasteiger partial charge in [-0.05, 0) is 72.4 Å². The number of nitrogens with one attached hydrogen (secondary N) is 1. The molecule has 0 unspecified atom stereocenters. The number of carbonyl (C=O) groups excluding carboxylic acids is 2. The zero-order chi connectivity index (χ0) is 24.6. The van der Waals surface area contributed by atoms with E-state index in [1.54, 1.807) is 18.2 Å². The molecule has 1 aliphatic rings. The Morgan fingerprint density at radius 1 is 0.971 bits per heavy atom. The predicted octanol–water partition coefficient (Wildman–Crippen LogP) is 6.71. The number of methoxy groups -OCH3 is 1. The summed E-state index contributed by atoms with van der Waals surface area (Å²) in [5.74, 6) is 0.457. The summed E-state index contributed by atoms with van der Waals surface area (Å²) in [6.45, 7) is 0.910. The average Bonchev–Trinajstić information content (AvgIpc) is 3.38. The van der Waals surface area contributed by atoms with Gasteiger partial charge in [0.1, 0.15) is 12.4 Å². The molecule has 0 atom stereocenters.